The standard InChI is InChI=1S/C21H22N4OS/c1-26-20-8-10-21(11-9-20)27-24-12-2-3-19-14-23-16-25(19)15-18-6-4-17(13-22)5-7-18/h4-11,14,16,24H,2-3,12,15H2,1H3. The molecule has 0 spiro atoms. The Morgan fingerprint density at radius 1 is 1.15 bits per heavy atom. The van der Waals surface area contributed by atoms with E-state index >= 15 is 0 Å². The Kier molecular flexibility index (Phi) is 6.91. The van der Waals surface area contributed by atoms with E-state index in [-0.39, 0.29) is 0 Å². The summed E-state index contributed by atoms with van der Waals surface area (Å²) < 4.78 is 10.7. The molecule has 0 saturated carbocycles. The summed E-state index contributed by atoms with van der Waals surface area (Å²) >= 11 is 1.63. The molecule has 1 N–H and O–H groups in total. The Morgan fingerprint density at radius 3 is 2.63 bits per heavy atom. The topological polar surface area (TPSA) is 62.9 Å². The lowest BCUT2D eigenvalue weighted by Gasteiger charge is -2.09. The molecular formula is C21H22N4OS. The lowest BCUT2D eigenvalue weighted by atomic mass is 10.1. The molecule has 0 aliphatic carbocycles. The first kappa shape index (κ1) is 19.0. The van der Waals surface area contributed by atoms with Crippen molar-refractivity contribution in [3.63, 3.8) is 0 Å². The number of nitrogens with zero attached hydrogens (tertiary/aromatic N) is 3. The van der Waals surface area contributed by atoms with Gasteiger partial charge in [-0.05, 0) is 66.8 Å². The van der Waals surface area contributed by atoms with Crippen LogP contribution in [0.5, 0.6) is 5.75 Å². The lowest BCUT2D eigenvalue weighted by molar-refractivity contribution is 0.414. The Hall–Kier alpha value is -2.75. The number of imidazole rings is 1. The molecule has 0 aliphatic heterocycles. The molecular weight excluding hydrogens is 356 g/mol. The first-order valence-corrected chi connectivity index (χ1v) is 9.62. The van der Waals surface area contributed by atoms with Gasteiger partial charge < -0.3 is 9.30 Å². The molecule has 0 saturated heterocycles. The van der Waals surface area contributed by atoms with Gasteiger partial charge in [-0.15, -0.1) is 0 Å². The fraction of sp³-hybridized carbons (Fsp3) is 0.238. The summed E-state index contributed by atoms with van der Waals surface area (Å²) in [5.74, 6) is 0.870. The molecule has 0 atom stereocenters. The quantitative estimate of drug-likeness (QED) is 0.450. The van der Waals surface area contributed by atoms with Gasteiger partial charge in [0.05, 0.1) is 25.1 Å². The largest absolute Gasteiger partial charge is 0.497 e. The van der Waals surface area contributed by atoms with Crippen LogP contribution in [0, 0.1) is 11.3 Å². The van der Waals surface area contributed by atoms with Crippen molar-refractivity contribution in [2.75, 3.05) is 13.7 Å². The third-order valence-corrected chi connectivity index (χ3v) is 5.05. The van der Waals surface area contributed by atoms with Crippen LogP contribution in [0.2, 0.25) is 0 Å². The second-order valence-electron chi connectivity index (χ2n) is 6.10. The van der Waals surface area contributed by atoms with E-state index in [1.807, 2.05) is 61.1 Å². The van der Waals surface area contributed by atoms with Gasteiger partial charge in [0.25, 0.3) is 0 Å². The van der Waals surface area contributed by atoms with Gasteiger partial charge in [-0.2, -0.15) is 5.26 Å². The van der Waals surface area contributed by atoms with Crippen LogP contribution in [-0.4, -0.2) is 23.2 Å². The lowest BCUT2D eigenvalue weighted by Crippen LogP contribution is -2.09. The maximum Gasteiger partial charge on any atom is 0.118 e. The van der Waals surface area contributed by atoms with Gasteiger partial charge in [0.15, 0.2) is 0 Å². The van der Waals surface area contributed by atoms with Gasteiger partial charge in [-0.25, -0.2) is 4.98 Å². The maximum absolute atomic E-state index is 8.89. The molecule has 0 radical (unpaired) electrons. The summed E-state index contributed by atoms with van der Waals surface area (Å²) in [4.78, 5) is 5.46. The predicted octanol–water partition coefficient (Wildman–Crippen LogP) is 4.04. The average molecular weight is 379 g/mol. The van der Waals surface area contributed by atoms with Crippen molar-refractivity contribution in [1.29, 1.82) is 5.26 Å². The van der Waals surface area contributed by atoms with Crippen molar-refractivity contribution in [3.8, 4) is 11.8 Å². The van der Waals surface area contributed by atoms with Gasteiger partial charge in [0.2, 0.25) is 0 Å². The van der Waals surface area contributed by atoms with Crippen LogP contribution in [0.1, 0.15) is 23.2 Å². The monoisotopic (exact) mass is 378 g/mol. The number of ether oxygens (including phenoxy) is 1. The molecule has 0 bridgehead atoms. The third-order valence-electron chi connectivity index (χ3n) is 4.20. The number of aromatic nitrogens is 2. The number of nitriles is 1. The minimum Gasteiger partial charge on any atom is -0.497 e. The van der Waals surface area contributed by atoms with E-state index in [2.05, 4.69) is 20.3 Å². The summed E-state index contributed by atoms with van der Waals surface area (Å²) in [5, 5.41) is 8.89. The number of hydrogen-bond donors (Lipinski definition) is 1. The van der Waals surface area contributed by atoms with Crippen LogP contribution in [0.3, 0.4) is 0 Å². The molecule has 2 aromatic carbocycles. The number of benzene rings is 2. The zero-order chi connectivity index (χ0) is 18.9. The van der Waals surface area contributed by atoms with Gasteiger partial charge in [0.1, 0.15) is 5.75 Å². The number of aryl methyl sites for hydroxylation is 1. The zero-order valence-corrected chi connectivity index (χ0v) is 16.1. The van der Waals surface area contributed by atoms with Gasteiger partial charge in [-0.1, -0.05) is 12.1 Å². The predicted molar refractivity (Wildman–Crippen MR) is 108 cm³/mol. The number of rotatable bonds is 9. The minimum absolute atomic E-state index is 0.685. The van der Waals surface area contributed by atoms with Gasteiger partial charge in [-0.3, -0.25) is 4.72 Å². The molecule has 0 amide bonds. The minimum atomic E-state index is 0.685. The fourth-order valence-corrected chi connectivity index (χ4v) is 3.39. The van der Waals surface area contributed by atoms with Crippen molar-refractivity contribution in [3.05, 3.63) is 77.9 Å². The molecule has 138 valence electrons. The Bertz CT molecular complexity index is 882. The van der Waals surface area contributed by atoms with Crippen molar-refractivity contribution >= 4 is 11.9 Å². The highest BCUT2D eigenvalue weighted by molar-refractivity contribution is 7.97. The Balaban J connectivity index is 1.43. The second kappa shape index (κ2) is 9.81. The SMILES string of the molecule is COc1ccc(SNCCCc2cncn2Cc2ccc(C#N)cc2)cc1. The molecule has 27 heavy (non-hydrogen) atoms. The summed E-state index contributed by atoms with van der Waals surface area (Å²) in [5.41, 5.74) is 3.07. The van der Waals surface area contributed by atoms with Crippen molar-refractivity contribution in [1.82, 2.24) is 14.3 Å². The van der Waals surface area contributed by atoms with Crippen LogP contribution in [0.15, 0.2) is 66.0 Å². The third kappa shape index (κ3) is 5.61. The summed E-state index contributed by atoms with van der Waals surface area (Å²) in [6.07, 6.45) is 5.79. The van der Waals surface area contributed by atoms with Crippen LogP contribution in [0.25, 0.3) is 0 Å². The average Bonchev–Trinajstić information content (AvgIpc) is 3.15. The molecule has 0 aliphatic rings. The van der Waals surface area contributed by atoms with Crippen LogP contribution in [-0.2, 0) is 13.0 Å². The summed E-state index contributed by atoms with van der Waals surface area (Å²) in [7, 11) is 1.67. The molecule has 6 heteroatoms. The Morgan fingerprint density at radius 2 is 1.93 bits per heavy atom. The normalized spacial score (nSPS) is 10.5. The fourth-order valence-electron chi connectivity index (χ4n) is 2.70. The second-order valence-corrected chi connectivity index (χ2v) is 7.06. The van der Waals surface area contributed by atoms with Crippen molar-refractivity contribution in [2.24, 2.45) is 0 Å². The van der Waals surface area contributed by atoms with E-state index in [0.29, 0.717) is 5.56 Å². The molecule has 1 heterocycles. The van der Waals surface area contributed by atoms with Crippen LogP contribution in [0.4, 0.5) is 0 Å². The molecule has 1 aromatic heterocycles. The van der Waals surface area contributed by atoms with E-state index in [1.54, 1.807) is 19.1 Å². The van der Waals surface area contributed by atoms with Gasteiger partial charge in [0, 0.05) is 29.9 Å². The summed E-state index contributed by atoms with van der Waals surface area (Å²) in [6.45, 7) is 1.69. The molecule has 5 nitrogen and oxygen atoms in total. The summed E-state index contributed by atoms with van der Waals surface area (Å²) in [6, 6.07) is 17.9. The highest BCUT2D eigenvalue weighted by Crippen LogP contribution is 2.18. The molecule has 0 fully saturated rings. The van der Waals surface area contributed by atoms with Crippen LogP contribution >= 0.6 is 11.9 Å². The number of methoxy groups -OCH3 is 1. The first-order chi connectivity index (χ1) is 13.3. The van der Waals surface area contributed by atoms with E-state index in [1.165, 1.54) is 16.2 Å². The smallest absolute Gasteiger partial charge is 0.118 e. The van der Waals surface area contributed by atoms with Crippen LogP contribution < -0.4 is 9.46 Å². The molecule has 0 unspecified atom stereocenters. The van der Waals surface area contributed by atoms with E-state index in [0.717, 1.165) is 31.7 Å². The highest BCUT2D eigenvalue weighted by Gasteiger charge is 2.04. The molecule has 3 rings (SSSR count). The first-order valence-electron chi connectivity index (χ1n) is 8.80. The van der Waals surface area contributed by atoms with Crippen molar-refractivity contribution in [2.45, 2.75) is 24.3 Å². The number of nitrogens with one attached hydrogen (secondary N) is 1. The van der Waals surface area contributed by atoms with E-state index < -0.39 is 0 Å². The Labute approximate surface area is 164 Å². The highest BCUT2D eigenvalue weighted by atomic mass is 32.2. The van der Waals surface area contributed by atoms with Crippen molar-refractivity contribution < 1.29 is 4.74 Å². The van der Waals surface area contributed by atoms with Gasteiger partial charge >= 0.3 is 0 Å². The zero-order valence-electron chi connectivity index (χ0n) is 15.3. The van der Waals surface area contributed by atoms with E-state index in [4.69, 9.17) is 10.00 Å². The number of hydrogen-bond acceptors (Lipinski definition) is 5. The maximum atomic E-state index is 8.89. The van der Waals surface area contributed by atoms with E-state index in [9.17, 15) is 0 Å². The molecule has 3 aromatic rings.